The molecule has 29 heavy (non-hydrogen) atoms. The van der Waals surface area contributed by atoms with Gasteiger partial charge in [0.05, 0.1) is 16.3 Å². The summed E-state index contributed by atoms with van der Waals surface area (Å²) in [6.45, 7) is 2.07. The molecule has 3 nitrogen and oxygen atoms in total. The summed E-state index contributed by atoms with van der Waals surface area (Å²) in [6, 6.07) is 13.5. The van der Waals surface area contributed by atoms with Gasteiger partial charge in [-0.05, 0) is 30.2 Å². The maximum Gasteiger partial charge on any atom is 0.417 e. The average molecular weight is 434 g/mol. The molecular weight excluding hydrogens is 419 g/mol. The largest absolute Gasteiger partial charge is 0.417 e. The van der Waals surface area contributed by atoms with Gasteiger partial charge in [-0.2, -0.15) is 18.4 Å². The molecule has 148 valence electrons. The molecule has 3 aromatic rings. The molecule has 0 fully saturated rings. The molecule has 8 heteroatoms. The van der Waals surface area contributed by atoms with Crippen molar-refractivity contribution in [3.8, 4) is 17.3 Å². The summed E-state index contributed by atoms with van der Waals surface area (Å²) < 4.78 is 38.9. The molecule has 1 aromatic heterocycles. The quantitative estimate of drug-likeness (QED) is 0.440. The third-order valence-electron chi connectivity index (χ3n) is 4.17. The van der Waals surface area contributed by atoms with E-state index in [1.165, 1.54) is 29.2 Å². The first-order chi connectivity index (χ1) is 13.8. The molecule has 0 aliphatic heterocycles. The SMILES string of the molecule is CCc1ccc(-c2csc(/C(C#N)=C/Nc3ccc(Cl)c(C(F)(F)F)c3)n2)cc1. The van der Waals surface area contributed by atoms with E-state index in [2.05, 4.69) is 17.2 Å². The van der Waals surface area contributed by atoms with Crippen LogP contribution in [0.15, 0.2) is 54.0 Å². The fourth-order valence-corrected chi connectivity index (χ4v) is 3.59. The van der Waals surface area contributed by atoms with Gasteiger partial charge >= 0.3 is 6.18 Å². The highest BCUT2D eigenvalue weighted by atomic mass is 35.5. The van der Waals surface area contributed by atoms with Gasteiger partial charge in [0, 0.05) is 22.8 Å². The van der Waals surface area contributed by atoms with E-state index >= 15 is 0 Å². The lowest BCUT2D eigenvalue weighted by Crippen LogP contribution is -2.06. The lowest BCUT2D eigenvalue weighted by molar-refractivity contribution is -0.137. The molecule has 0 saturated heterocycles. The highest BCUT2D eigenvalue weighted by molar-refractivity contribution is 7.11. The van der Waals surface area contributed by atoms with Crippen molar-refractivity contribution in [3.63, 3.8) is 0 Å². The average Bonchev–Trinajstić information content (AvgIpc) is 3.19. The van der Waals surface area contributed by atoms with Gasteiger partial charge in [-0.3, -0.25) is 0 Å². The Balaban J connectivity index is 1.82. The zero-order valence-electron chi connectivity index (χ0n) is 15.2. The number of allylic oxidation sites excluding steroid dienone is 1. The number of nitrogens with zero attached hydrogens (tertiary/aromatic N) is 2. The van der Waals surface area contributed by atoms with Crippen molar-refractivity contribution in [2.75, 3.05) is 5.32 Å². The van der Waals surface area contributed by atoms with Crippen molar-refractivity contribution in [2.45, 2.75) is 19.5 Å². The van der Waals surface area contributed by atoms with Crippen molar-refractivity contribution in [2.24, 2.45) is 0 Å². The predicted octanol–water partition coefficient (Wildman–Crippen LogP) is 7.02. The highest BCUT2D eigenvalue weighted by Gasteiger charge is 2.33. The molecule has 2 aromatic carbocycles. The molecule has 1 N–H and O–H groups in total. The van der Waals surface area contributed by atoms with Crippen LogP contribution in [-0.4, -0.2) is 4.98 Å². The Morgan fingerprint density at radius 2 is 1.97 bits per heavy atom. The summed E-state index contributed by atoms with van der Waals surface area (Å²) in [5.41, 5.74) is 2.33. The molecule has 0 amide bonds. The van der Waals surface area contributed by atoms with Crippen LogP contribution in [0.5, 0.6) is 0 Å². The van der Waals surface area contributed by atoms with Crippen LogP contribution in [0.4, 0.5) is 18.9 Å². The van der Waals surface area contributed by atoms with Crippen LogP contribution in [0.3, 0.4) is 0 Å². The van der Waals surface area contributed by atoms with Crippen molar-refractivity contribution in [1.29, 1.82) is 5.26 Å². The third kappa shape index (κ3) is 4.97. The molecule has 0 atom stereocenters. The first-order valence-electron chi connectivity index (χ1n) is 8.60. The number of nitrogens with one attached hydrogen (secondary N) is 1. The second kappa shape index (κ2) is 8.68. The Morgan fingerprint density at radius 3 is 2.59 bits per heavy atom. The van der Waals surface area contributed by atoms with Gasteiger partial charge in [-0.15, -0.1) is 11.3 Å². The van der Waals surface area contributed by atoms with E-state index in [1.807, 2.05) is 35.7 Å². The zero-order chi connectivity index (χ0) is 21.0. The number of anilines is 1. The summed E-state index contributed by atoms with van der Waals surface area (Å²) in [4.78, 5) is 4.48. The minimum atomic E-state index is -4.56. The molecule has 0 unspecified atom stereocenters. The summed E-state index contributed by atoms with van der Waals surface area (Å²) >= 11 is 6.91. The van der Waals surface area contributed by atoms with Gasteiger partial charge < -0.3 is 5.32 Å². The van der Waals surface area contributed by atoms with Crippen LogP contribution in [0.2, 0.25) is 5.02 Å². The van der Waals surface area contributed by atoms with E-state index in [-0.39, 0.29) is 16.3 Å². The number of halogens is 4. The zero-order valence-corrected chi connectivity index (χ0v) is 16.8. The lowest BCUT2D eigenvalue weighted by atomic mass is 10.1. The van der Waals surface area contributed by atoms with Gasteiger partial charge in [0.2, 0.25) is 0 Å². The van der Waals surface area contributed by atoms with E-state index in [4.69, 9.17) is 11.6 Å². The number of aryl methyl sites for hydroxylation is 1. The van der Waals surface area contributed by atoms with E-state index < -0.39 is 11.7 Å². The third-order valence-corrected chi connectivity index (χ3v) is 5.37. The van der Waals surface area contributed by atoms with Gasteiger partial charge in [0.1, 0.15) is 16.6 Å². The van der Waals surface area contributed by atoms with Gasteiger partial charge in [0.25, 0.3) is 0 Å². The van der Waals surface area contributed by atoms with E-state index in [9.17, 15) is 18.4 Å². The van der Waals surface area contributed by atoms with Crippen LogP contribution in [0.1, 0.15) is 23.1 Å². The molecule has 0 aliphatic rings. The van der Waals surface area contributed by atoms with Crippen LogP contribution in [0.25, 0.3) is 16.8 Å². The molecule has 0 radical (unpaired) electrons. The number of aromatic nitrogens is 1. The minimum Gasteiger partial charge on any atom is -0.360 e. The fraction of sp³-hybridized carbons (Fsp3) is 0.143. The van der Waals surface area contributed by atoms with Gasteiger partial charge in [-0.25, -0.2) is 4.98 Å². The number of rotatable bonds is 5. The maximum absolute atomic E-state index is 13.0. The number of benzene rings is 2. The molecule has 0 spiro atoms. The molecule has 0 bridgehead atoms. The normalized spacial score (nSPS) is 11.9. The fourth-order valence-electron chi connectivity index (χ4n) is 2.57. The lowest BCUT2D eigenvalue weighted by Gasteiger charge is -2.10. The standard InChI is InChI=1S/C21H15ClF3N3S/c1-2-13-3-5-14(6-4-13)19-12-29-20(28-19)15(10-26)11-27-16-7-8-18(22)17(9-16)21(23,24)25/h3-9,11-12,27H,2H2,1H3/b15-11+. The van der Waals surface area contributed by atoms with E-state index in [0.717, 1.165) is 29.8 Å². The maximum atomic E-state index is 13.0. The number of nitriles is 1. The van der Waals surface area contributed by atoms with Crippen LogP contribution in [-0.2, 0) is 12.6 Å². The van der Waals surface area contributed by atoms with Crippen LogP contribution >= 0.6 is 22.9 Å². The van der Waals surface area contributed by atoms with Crippen molar-refractivity contribution >= 4 is 34.2 Å². The molecule has 1 heterocycles. The Kier molecular flexibility index (Phi) is 6.26. The molecule has 0 aliphatic carbocycles. The van der Waals surface area contributed by atoms with E-state index in [0.29, 0.717) is 5.01 Å². The van der Waals surface area contributed by atoms with E-state index in [1.54, 1.807) is 0 Å². The molecular formula is C21H15ClF3N3S. The number of hydrogen-bond donors (Lipinski definition) is 1. The second-order valence-electron chi connectivity index (χ2n) is 6.09. The van der Waals surface area contributed by atoms with Crippen molar-refractivity contribution in [1.82, 2.24) is 4.98 Å². The van der Waals surface area contributed by atoms with Crippen LogP contribution in [0, 0.1) is 11.3 Å². The topological polar surface area (TPSA) is 48.7 Å². The molecule has 3 rings (SSSR count). The summed E-state index contributed by atoms with van der Waals surface area (Å²) in [5, 5.41) is 14.1. The Morgan fingerprint density at radius 1 is 1.24 bits per heavy atom. The number of alkyl halides is 3. The predicted molar refractivity (Wildman–Crippen MR) is 111 cm³/mol. The molecule has 0 saturated carbocycles. The van der Waals surface area contributed by atoms with Crippen molar-refractivity contribution < 1.29 is 13.2 Å². The first kappa shape index (κ1) is 20.9. The summed E-state index contributed by atoms with van der Waals surface area (Å²) in [7, 11) is 0. The monoisotopic (exact) mass is 433 g/mol. The highest BCUT2D eigenvalue weighted by Crippen LogP contribution is 2.36. The number of hydrogen-bond acceptors (Lipinski definition) is 4. The Hall–Kier alpha value is -2.82. The Labute approximate surface area is 175 Å². The number of thiazole rings is 1. The second-order valence-corrected chi connectivity index (χ2v) is 7.36. The smallest absolute Gasteiger partial charge is 0.360 e. The van der Waals surface area contributed by atoms with Gasteiger partial charge in [0.15, 0.2) is 0 Å². The Bertz CT molecular complexity index is 1080. The van der Waals surface area contributed by atoms with Crippen LogP contribution < -0.4 is 5.32 Å². The van der Waals surface area contributed by atoms with Gasteiger partial charge in [-0.1, -0.05) is 42.8 Å². The van der Waals surface area contributed by atoms with Crippen molar-refractivity contribution in [3.05, 3.63) is 75.2 Å². The summed E-state index contributed by atoms with van der Waals surface area (Å²) in [5.74, 6) is 0. The first-order valence-corrected chi connectivity index (χ1v) is 9.86. The minimum absolute atomic E-state index is 0.168. The summed E-state index contributed by atoms with van der Waals surface area (Å²) in [6.07, 6.45) is -2.28.